The number of hydrogen-bond acceptors (Lipinski definition) is 4. The lowest BCUT2D eigenvalue weighted by Crippen LogP contribution is -2.12. The van der Waals surface area contributed by atoms with Gasteiger partial charge in [-0.15, -0.1) is 0 Å². The fraction of sp³-hybridized carbons (Fsp3) is 0.667. The second kappa shape index (κ2) is 5.37. The summed E-state index contributed by atoms with van der Waals surface area (Å²) in [6.07, 6.45) is 0. The number of rotatable bonds is 3. The van der Waals surface area contributed by atoms with E-state index in [1.54, 1.807) is 6.92 Å². The summed E-state index contributed by atoms with van der Waals surface area (Å²) in [7, 11) is 1.47. The molecule has 0 aliphatic rings. The quantitative estimate of drug-likeness (QED) is 0.688. The molecule has 0 bridgehead atoms. The van der Waals surface area contributed by atoms with Gasteiger partial charge in [0, 0.05) is 5.75 Å². The molecular formula is C6H10O3S2. The van der Waals surface area contributed by atoms with Crippen LogP contribution in [0.15, 0.2) is 0 Å². The Bertz CT molecular complexity index is 158. The lowest BCUT2D eigenvalue weighted by Gasteiger charge is -2.04. The van der Waals surface area contributed by atoms with E-state index in [1.807, 2.05) is 0 Å². The van der Waals surface area contributed by atoms with Gasteiger partial charge in [0.15, 0.2) is 0 Å². The fourth-order valence-electron chi connectivity index (χ4n) is 0.323. The number of aliphatic carboxylic acids is 1. The van der Waals surface area contributed by atoms with Crippen LogP contribution in [0.1, 0.15) is 6.92 Å². The summed E-state index contributed by atoms with van der Waals surface area (Å²) in [6, 6.07) is 0. The molecule has 5 heteroatoms. The van der Waals surface area contributed by atoms with Crippen LogP contribution < -0.4 is 0 Å². The predicted molar refractivity (Wildman–Crippen MR) is 48.9 cm³/mol. The lowest BCUT2D eigenvalue weighted by atomic mass is 10.2. The number of hydrogen-bond donors (Lipinski definition) is 1. The van der Waals surface area contributed by atoms with Gasteiger partial charge < -0.3 is 9.84 Å². The van der Waals surface area contributed by atoms with Crippen molar-refractivity contribution in [1.82, 2.24) is 0 Å². The van der Waals surface area contributed by atoms with Crippen molar-refractivity contribution in [3.63, 3.8) is 0 Å². The van der Waals surface area contributed by atoms with Gasteiger partial charge in [0.2, 0.25) is 4.38 Å². The SMILES string of the molecule is COC(=S)SC[C@@H](C)C(=O)O. The minimum absolute atomic E-state index is 0.381. The molecule has 1 N–H and O–H groups in total. The van der Waals surface area contributed by atoms with Gasteiger partial charge in [0.05, 0.1) is 13.0 Å². The van der Waals surface area contributed by atoms with Crippen LogP contribution in [0.4, 0.5) is 0 Å². The molecule has 11 heavy (non-hydrogen) atoms. The third kappa shape index (κ3) is 5.03. The first-order chi connectivity index (χ1) is 5.07. The summed E-state index contributed by atoms with van der Waals surface area (Å²) in [5.74, 6) is -0.730. The monoisotopic (exact) mass is 194 g/mol. The Kier molecular flexibility index (Phi) is 5.23. The molecule has 3 nitrogen and oxygen atoms in total. The van der Waals surface area contributed by atoms with E-state index in [2.05, 4.69) is 4.74 Å². The summed E-state index contributed by atoms with van der Waals surface area (Å²) >= 11 is 5.95. The second-order valence-electron chi connectivity index (χ2n) is 2.00. The van der Waals surface area contributed by atoms with Crippen molar-refractivity contribution >= 4 is 34.3 Å². The molecule has 0 amide bonds. The van der Waals surface area contributed by atoms with Gasteiger partial charge in [-0.2, -0.15) is 0 Å². The number of methoxy groups -OCH3 is 1. The standard InChI is InChI=1S/C6H10O3S2/c1-4(5(7)8)3-11-6(10)9-2/h4H,3H2,1-2H3,(H,7,8)/t4-/m1/s1. The number of thioether (sulfide) groups is 1. The molecule has 0 aromatic heterocycles. The highest BCUT2D eigenvalue weighted by Crippen LogP contribution is 2.10. The summed E-state index contributed by atoms with van der Waals surface area (Å²) in [5.41, 5.74) is 0. The molecule has 0 saturated heterocycles. The average Bonchev–Trinajstić information content (AvgIpc) is 1.99. The molecular weight excluding hydrogens is 184 g/mol. The highest BCUT2D eigenvalue weighted by Gasteiger charge is 2.11. The predicted octanol–water partition coefficient (Wildman–Crippen LogP) is 1.37. The van der Waals surface area contributed by atoms with Gasteiger partial charge >= 0.3 is 5.97 Å². The third-order valence-corrected chi connectivity index (χ3v) is 2.63. The molecule has 1 atom stereocenters. The minimum Gasteiger partial charge on any atom is -0.482 e. The van der Waals surface area contributed by atoms with Crippen molar-refractivity contribution in [3.8, 4) is 0 Å². The topological polar surface area (TPSA) is 46.5 Å². The van der Waals surface area contributed by atoms with E-state index >= 15 is 0 Å². The largest absolute Gasteiger partial charge is 0.482 e. The van der Waals surface area contributed by atoms with Gasteiger partial charge in [-0.3, -0.25) is 4.79 Å². The smallest absolute Gasteiger partial charge is 0.307 e. The van der Waals surface area contributed by atoms with Crippen LogP contribution in [-0.2, 0) is 9.53 Å². The van der Waals surface area contributed by atoms with Gasteiger partial charge in [0.25, 0.3) is 0 Å². The highest BCUT2D eigenvalue weighted by atomic mass is 32.2. The van der Waals surface area contributed by atoms with E-state index < -0.39 is 5.97 Å². The molecule has 0 saturated carbocycles. The molecule has 64 valence electrons. The van der Waals surface area contributed by atoms with Crippen molar-refractivity contribution < 1.29 is 14.6 Å². The van der Waals surface area contributed by atoms with Gasteiger partial charge in [-0.25, -0.2) is 0 Å². The Labute approximate surface area is 75.1 Å². The summed E-state index contributed by atoms with van der Waals surface area (Å²) in [4.78, 5) is 10.3. The normalized spacial score (nSPS) is 12.2. The molecule has 0 radical (unpaired) electrons. The first kappa shape index (κ1) is 10.7. The van der Waals surface area contributed by atoms with Gasteiger partial charge in [-0.1, -0.05) is 18.7 Å². The molecule has 0 aromatic rings. The number of carbonyl (C=O) groups is 1. The molecule has 0 unspecified atom stereocenters. The third-order valence-electron chi connectivity index (χ3n) is 1.04. The van der Waals surface area contributed by atoms with E-state index in [0.717, 1.165) is 0 Å². The molecule has 0 fully saturated rings. The zero-order chi connectivity index (χ0) is 8.85. The van der Waals surface area contributed by atoms with Crippen LogP contribution in [0.25, 0.3) is 0 Å². The van der Waals surface area contributed by atoms with E-state index in [9.17, 15) is 4.79 Å². The van der Waals surface area contributed by atoms with Crippen LogP contribution in [0, 0.1) is 5.92 Å². The lowest BCUT2D eigenvalue weighted by molar-refractivity contribution is -0.140. The van der Waals surface area contributed by atoms with Crippen molar-refractivity contribution in [3.05, 3.63) is 0 Å². The van der Waals surface area contributed by atoms with E-state index in [0.29, 0.717) is 10.1 Å². The van der Waals surface area contributed by atoms with Crippen molar-refractivity contribution in [2.45, 2.75) is 6.92 Å². The number of thiocarbonyl (C=S) groups is 1. The van der Waals surface area contributed by atoms with Crippen LogP contribution >= 0.6 is 24.0 Å². The summed E-state index contributed by atoms with van der Waals surface area (Å²) in [5, 5.41) is 8.47. The molecule has 0 aromatic carbocycles. The second-order valence-corrected chi connectivity index (χ2v) is 3.63. The Morgan fingerprint density at radius 2 is 2.36 bits per heavy atom. The Morgan fingerprint density at radius 3 is 2.73 bits per heavy atom. The molecule has 0 heterocycles. The van der Waals surface area contributed by atoms with Crippen molar-refractivity contribution in [2.75, 3.05) is 12.9 Å². The van der Waals surface area contributed by atoms with Crippen molar-refractivity contribution in [2.24, 2.45) is 5.92 Å². The van der Waals surface area contributed by atoms with E-state index in [4.69, 9.17) is 17.3 Å². The molecule has 0 aliphatic heterocycles. The van der Waals surface area contributed by atoms with E-state index in [-0.39, 0.29) is 5.92 Å². The molecule has 0 spiro atoms. The van der Waals surface area contributed by atoms with E-state index in [1.165, 1.54) is 18.9 Å². The minimum atomic E-state index is -0.809. The Balaban J connectivity index is 3.54. The highest BCUT2D eigenvalue weighted by molar-refractivity contribution is 8.22. The zero-order valence-electron chi connectivity index (χ0n) is 6.36. The van der Waals surface area contributed by atoms with Crippen LogP contribution in [0.5, 0.6) is 0 Å². The fourth-order valence-corrected chi connectivity index (χ4v) is 1.17. The maximum atomic E-state index is 10.3. The maximum absolute atomic E-state index is 10.3. The van der Waals surface area contributed by atoms with Gasteiger partial charge in [0.1, 0.15) is 0 Å². The number of carboxylic acids is 1. The Hall–Kier alpha value is -0.290. The van der Waals surface area contributed by atoms with Crippen LogP contribution in [0.3, 0.4) is 0 Å². The first-order valence-electron chi connectivity index (χ1n) is 3.01. The van der Waals surface area contributed by atoms with Crippen LogP contribution in [-0.4, -0.2) is 28.3 Å². The van der Waals surface area contributed by atoms with Crippen LogP contribution in [0.2, 0.25) is 0 Å². The summed E-state index contributed by atoms with van der Waals surface area (Å²) < 4.78 is 5.07. The average molecular weight is 194 g/mol. The Morgan fingerprint density at radius 1 is 1.82 bits per heavy atom. The first-order valence-corrected chi connectivity index (χ1v) is 4.41. The van der Waals surface area contributed by atoms with Gasteiger partial charge in [-0.05, 0) is 12.2 Å². The summed E-state index contributed by atoms with van der Waals surface area (Å²) in [6.45, 7) is 1.63. The maximum Gasteiger partial charge on any atom is 0.307 e. The number of carboxylic acid groups (broad SMARTS) is 1. The van der Waals surface area contributed by atoms with Crippen molar-refractivity contribution in [1.29, 1.82) is 0 Å². The molecule has 0 rings (SSSR count). The zero-order valence-corrected chi connectivity index (χ0v) is 8.00. The number of ether oxygens (including phenoxy) is 1. The molecule has 0 aliphatic carbocycles.